The summed E-state index contributed by atoms with van der Waals surface area (Å²) in [5, 5.41) is 8.44. The van der Waals surface area contributed by atoms with E-state index in [1.54, 1.807) is 11.3 Å². The van der Waals surface area contributed by atoms with Crippen LogP contribution < -0.4 is 5.32 Å². The Morgan fingerprint density at radius 1 is 1.30 bits per heavy atom. The molecule has 0 aromatic carbocycles. The number of aromatic nitrogens is 4. The van der Waals surface area contributed by atoms with E-state index in [9.17, 15) is 0 Å². The van der Waals surface area contributed by atoms with E-state index in [-0.39, 0.29) is 6.10 Å². The lowest BCUT2D eigenvalue weighted by molar-refractivity contribution is -0.0349. The summed E-state index contributed by atoms with van der Waals surface area (Å²) in [5.74, 6) is 0.800. The molecule has 1 aliphatic heterocycles. The molecule has 27 heavy (non-hydrogen) atoms. The van der Waals surface area contributed by atoms with E-state index in [4.69, 9.17) is 9.72 Å². The molecule has 1 aliphatic rings. The minimum atomic E-state index is -0.0306. The van der Waals surface area contributed by atoms with Crippen molar-refractivity contribution in [2.24, 2.45) is 7.05 Å². The van der Waals surface area contributed by atoms with Crippen LogP contribution in [-0.4, -0.2) is 44.3 Å². The minimum Gasteiger partial charge on any atom is -0.369 e. The number of hydrogen-bond donors (Lipinski definition) is 1. The molecule has 0 spiro atoms. The van der Waals surface area contributed by atoms with Gasteiger partial charge in [-0.25, -0.2) is 9.97 Å². The maximum atomic E-state index is 6.00. The molecule has 0 amide bonds. The predicted octanol–water partition coefficient (Wildman–Crippen LogP) is 3.21. The lowest BCUT2D eigenvalue weighted by Crippen LogP contribution is -2.38. The highest BCUT2D eigenvalue weighted by molar-refractivity contribution is 7.15. The second-order valence-electron chi connectivity index (χ2n) is 6.85. The van der Waals surface area contributed by atoms with Gasteiger partial charge >= 0.3 is 0 Å². The molecule has 0 aliphatic carbocycles. The van der Waals surface area contributed by atoms with Gasteiger partial charge in [0.1, 0.15) is 11.9 Å². The third kappa shape index (κ3) is 4.35. The van der Waals surface area contributed by atoms with E-state index in [1.807, 2.05) is 43.0 Å². The zero-order valence-electron chi connectivity index (χ0n) is 15.8. The van der Waals surface area contributed by atoms with Gasteiger partial charge in [0.15, 0.2) is 5.13 Å². The van der Waals surface area contributed by atoms with Gasteiger partial charge in [-0.3, -0.25) is 9.58 Å². The van der Waals surface area contributed by atoms with E-state index in [2.05, 4.69) is 33.4 Å². The third-order valence-corrected chi connectivity index (χ3v) is 5.67. The highest BCUT2D eigenvalue weighted by Crippen LogP contribution is 2.26. The Bertz CT molecular complexity index is 901. The summed E-state index contributed by atoms with van der Waals surface area (Å²) in [5.41, 5.74) is 3.22. The summed E-state index contributed by atoms with van der Waals surface area (Å²) in [6.07, 6.45) is 3.95. The molecule has 1 atom stereocenters. The highest BCUT2D eigenvalue weighted by Gasteiger charge is 2.23. The van der Waals surface area contributed by atoms with Crippen LogP contribution in [0.25, 0.3) is 0 Å². The average molecular weight is 385 g/mol. The number of aryl methyl sites for hydroxylation is 3. The van der Waals surface area contributed by atoms with Crippen LogP contribution >= 0.6 is 11.3 Å². The van der Waals surface area contributed by atoms with Crippen LogP contribution in [0.2, 0.25) is 0 Å². The number of ether oxygens (including phenoxy) is 1. The normalized spacial score (nSPS) is 18.0. The fraction of sp³-hybridized carbons (Fsp3) is 0.421. The minimum absolute atomic E-state index is 0.0306. The Kier molecular flexibility index (Phi) is 5.20. The van der Waals surface area contributed by atoms with E-state index in [0.29, 0.717) is 6.61 Å². The van der Waals surface area contributed by atoms with Gasteiger partial charge in [0, 0.05) is 43.3 Å². The molecule has 8 heteroatoms. The molecule has 1 unspecified atom stereocenters. The molecule has 0 bridgehead atoms. The molecular formula is C19H24N6OS. The number of anilines is 2. The van der Waals surface area contributed by atoms with Crippen molar-refractivity contribution in [3.05, 3.63) is 52.4 Å². The third-order valence-electron chi connectivity index (χ3n) is 4.68. The Morgan fingerprint density at radius 3 is 2.93 bits per heavy atom. The number of nitrogens with one attached hydrogen (secondary N) is 1. The van der Waals surface area contributed by atoms with Gasteiger partial charge in [-0.15, -0.1) is 11.3 Å². The molecule has 3 aromatic rings. The zero-order chi connectivity index (χ0) is 18.8. The van der Waals surface area contributed by atoms with E-state index < -0.39 is 0 Å². The van der Waals surface area contributed by atoms with Crippen LogP contribution in [0.3, 0.4) is 0 Å². The van der Waals surface area contributed by atoms with Gasteiger partial charge in [0.05, 0.1) is 24.2 Å². The summed E-state index contributed by atoms with van der Waals surface area (Å²) in [6, 6.07) is 6.01. The highest BCUT2D eigenvalue weighted by atomic mass is 32.1. The molecule has 4 heterocycles. The first-order valence-corrected chi connectivity index (χ1v) is 9.88. The van der Waals surface area contributed by atoms with Crippen molar-refractivity contribution < 1.29 is 4.74 Å². The van der Waals surface area contributed by atoms with Crippen molar-refractivity contribution in [1.29, 1.82) is 0 Å². The first-order chi connectivity index (χ1) is 13.1. The standard InChI is InChI=1S/C19H24N6OS/c1-13-14(2)27-19(21-13)23-18-6-4-5-16(22-18)17-12-25(7-8-26-17)11-15-9-20-24(3)10-15/h4-6,9-10,17H,7-8,11-12H2,1-3H3,(H,21,22,23). The molecule has 0 saturated carbocycles. The molecule has 3 aromatic heterocycles. The van der Waals surface area contributed by atoms with Gasteiger partial charge < -0.3 is 10.1 Å². The summed E-state index contributed by atoms with van der Waals surface area (Å²) < 4.78 is 7.84. The summed E-state index contributed by atoms with van der Waals surface area (Å²) in [7, 11) is 1.94. The lowest BCUT2D eigenvalue weighted by Gasteiger charge is -2.32. The van der Waals surface area contributed by atoms with Crippen LogP contribution in [0.4, 0.5) is 10.9 Å². The Hall–Kier alpha value is -2.29. The number of rotatable bonds is 5. The smallest absolute Gasteiger partial charge is 0.188 e. The number of nitrogens with zero attached hydrogens (tertiary/aromatic N) is 5. The Morgan fingerprint density at radius 2 is 2.19 bits per heavy atom. The van der Waals surface area contributed by atoms with Gasteiger partial charge in [0.2, 0.25) is 0 Å². The number of pyridine rings is 1. The maximum absolute atomic E-state index is 6.00. The molecule has 7 nitrogen and oxygen atoms in total. The Labute approximate surface area is 163 Å². The topological polar surface area (TPSA) is 68.1 Å². The van der Waals surface area contributed by atoms with Crippen LogP contribution in [0.15, 0.2) is 30.6 Å². The van der Waals surface area contributed by atoms with Crippen LogP contribution in [0.5, 0.6) is 0 Å². The monoisotopic (exact) mass is 384 g/mol. The first-order valence-electron chi connectivity index (χ1n) is 9.06. The average Bonchev–Trinajstić information content (AvgIpc) is 3.20. The van der Waals surface area contributed by atoms with Crippen molar-refractivity contribution in [2.75, 3.05) is 25.0 Å². The van der Waals surface area contributed by atoms with Gasteiger partial charge in [0.25, 0.3) is 0 Å². The molecule has 142 valence electrons. The van der Waals surface area contributed by atoms with E-state index >= 15 is 0 Å². The summed E-state index contributed by atoms with van der Waals surface area (Å²) in [4.78, 5) is 12.9. The van der Waals surface area contributed by atoms with Crippen LogP contribution in [0.1, 0.15) is 27.9 Å². The van der Waals surface area contributed by atoms with Crippen molar-refractivity contribution in [3.8, 4) is 0 Å². The predicted molar refractivity (Wildman–Crippen MR) is 106 cm³/mol. The lowest BCUT2D eigenvalue weighted by atomic mass is 10.1. The molecular weight excluding hydrogens is 360 g/mol. The first kappa shape index (κ1) is 18.1. The second-order valence-corrected chi connectivity index (χ2v) is 8.05. The number of morpholine rings is 1. The van der Waals surface area contributed by atoms with Crippen molar-refractivity contribution >= 4 is 22.3 Å². The van der Waals surface area contributed by atoms with E-state index in [0.717, 1.165) is 42.0 Å². The maximum Gasteiger partial charge on any atom is 0.188 e. The Balaban J connectivity index is 1.44. The van der Waals surface area contributed by atoms with Crippen LogP contribution in [0, 0.1) is 13.8 Å². The second kappa shape index (κ2) is 7.75. The van der Waals surface area contributed by atoms with Gasteiger partial charge in [-0.05, 0) is 26.0 Å². The summed E-state index contributed by atoms with van der Waals surface area (Å²) >= 11 is 1.64. The summed E-state index contributed by atoms with van der Waals surface area (Å²) in [6.45, 7) is 7.42. The largest absolute Gasteiger partial charge is 0.369 e. The quantitative estimate of drug-likeness (QED) is 0.729. The molecule has 4 rings (SSSR count). The van der Waals surface area contributed by atoms with E-state index in [1.165, 1.54) is 10.4 Å². The number of thiazole rings is 1. The van der Waals surface area contributed by atoms with Gasteiger partial charge in [-0.1, -0.05) is 6.07 Å². The number of hydrogen-bond acceptors (Lipinski definition) is 7. The fourth-order valence-corrected chi connectivity index (χ4v) is 3.99. The molecule has 1 saturated heterocycles. The van der Waals surface area contributed by atoms with Gasteiger partial charge in [-0.2, -0.15) is 5.10 Å². The molecule has 1 fully saturated rings. The van der Waals surface area contributed by atoms with Crippen LogP contribution in [-0.2, 0) is 18.3 Å². The SMILES string of the molecule is Cc1nc(Nc2cccc(C3CN(Cc4cnn(C)c4)CCO3)n2)sc1C. The zero-order valence-corrected chi connectivity index (χ0v) is 16.7. The van der Waals surface area contributed by atoms with Crippen molar-refractivity contribution in [2.45, 2.75) is 26.5 Å². The van der Waals surface area contributed by atoms with Crippen molar-refractivity contribution in [3.63, 3.8) is 0 Å². The molecule has 0 radical (unpaired) electrons. The fourth-order valence-electron chi connectivity index (χ4n) is 3.17. The van der Waals surface area contributed by atoms with Crippen molar-refractivity contribution in [1.82, 2.24) is 24.6 Å². The molecule has 1 N–H and O–H groups in total.